The standard InChI is InChI=1S/C6H13N3/c1-5(2)3-6(4-7)9-8/h4-5,7H,3,8H2,1-2H3. The van der Waals surface area contributed by atoms with Crippen LogP contribution in [0.1, 0.15) is 20.3 Å². The van der Waals surface area contributed by atoms with Crippen molar-refractivity contribution in [3.05, 3.63) is 0 Å². The molecule has 0 aromatic heterocycles. The third kappa shape index (κ3) is 3.70. The van der Waals surface area contributed by atoms with Gasteiger partial charge in [-0.05, 0) is 12.3 Å². The number of rotatable bonds is 3. The predicted molar refractivity (Wildman–Crippen MR) is 39.9 cm³/mol. The average Bonchev–Trinajstić information content (AvgIpc) is 1.82. The maximum Gasteiger partial charge on any atom is 0.0778 e. The van der Waals surface area contributed by atoms with Crippen LogP contribution in [-0.4, -0.2) is 11.9 Å². The number of nitrogens with two attached hydrogens (primary N) is 1. The maximum absolute atomic E-state index is 6.82. The van der Waals surface area contributed by atoms with E-state index < -0.39 is 0 Å². The lowest BCUT2D eigenvalue weighted by atomic mass is 10.1. The zero-order chi connectivity index (χ0) is 7.28. The van der Waals surface area contributed by atoms with Crippen molar-refractivity contribution >= 4 is 11.9 Å². The van der Waals surface area contributed by atoms with Gasteiger partial charge in [-0.3, -0.25) is 0 Å². The molecule has 0 fully saturated rings. The second-order valence-electron chi connectivity index (χ2n) is 2.36. The van der Waals surface area contributed by atoms with E-state index in [9.17, 15) is 0 Å². The van der Waals surface area contributed by atoms with Crippen molar-refractivity contribution in [1.82, 2.24) is 0 Å². The first-order chi connectivity index (χ1) is 4.20. The lowest BCUT2D eigenvalue weighted by molar-refractivity contribution is 0.686. The highest BCUT2D eigenvalue weighted by atomic mass is 15.1. The third-order valence-corrected chi connectivity index (χ3v) is 0.950. The molecule has 0 amide bonds. The van der Waals surface area contributed by atoms with Crippen molar-refractivity contribution in [3.63, 3.8) is 0 Å². The van der Waals surface area contributed by atoms with Gasteiger partial charge in [0.05, 0.1) is 5.71 Å². The third-order valence-electron chi connectivity index (χ3n) is 0.950. The van der Waals surface area contributed by atoms with E-state index in [1.807, 2.05) is 0 Å². The van der Waals surface area contributed by atoms with Crippen molar-refractivity contribution < 1.29 is 0 Å². The van der Waals surface area contributed by atoms with E-state index in [-0.39, 0.29) is 0 Å². The SMILES string of the molecule is CC(C)CC(C=N)=NN. The van der Waals surface area contributed by atoms with Crippen LogP contribution in [0, 0.1) is 11.3 Å². The van der Waals surface area contributed by atoms with Crippen molar-refractivity contribution in [3.8, 4) is 0 Å². The molecule has 3 heteroatoms. The van der Waals surface area contributed by atoms with E-state index in [0.29, 0.717) is 11.6 Å². The van der Waals surface area contributed by atoms with Gasteiger partial charge in [0.25, 0.3) is 0 Å². The minimum atomic E-state index is 0.522. The smallest absolute Gasteiger partial charge is 0.0778 e. The number of nitrogens with zero attached hydrogens (tertiary/aromatic N) is 1. The van der Waals surface area contributed by atoms with Gasteiger partial charge in [0.2, 0.25) is 0 Å². The fraction of sp³-hybridized carbons (Fsp3) is 0.667. The molecule has 0 bridgehead atoms. The van der Waals surface area contributed by atoms with E-state index in [1.165, 1.54) is 6.21 Å². The molecule has 9 heavy (non-hydrogen) atoms. The summed E-state index contributed by atoms with van der Waals surface area (Å²) in [5, 5.41) is 10.2. The summed E-state index contributed by atoms with van der Waals surface area (Å²) in [5.74, 6) is 5.49. The second kappa shape index (κ2) is 4.06. The first-order valence-corrected chi connectivity index (χ1v) is 2.98. The maximum atomic E-state index is 6.82. The molecule has 0 unspecified atom stereocenters. The first kappa shape index (κ1) is 8.14. The summed E-state index contributed by atoms with van der Waals surface area (Å²) in [5.41, 5.74) is 0.657. The van der Waals surface area contributed by atoms with Gasteiger partial charge in [0, 0.05) is 6.21 Å². The summed E-state index contributed by atoms with van der Waals surface area (Å²) < 4.78 is 0. The molecule has 3 N–H and O–H groups in total. The van der Waals surface area contributed by atoms with E-state index in [1.54, 1.807) is 0 Å². The first-order valence-electron chi connectivity index (χ1n) is 2.98. The summed E-state index contributed by atoms with van der Waals surface area (Å²) in [7, 11) is 0. The molecule has 0 aliphatic rings. The van der Waals surface area contributed by atoms with Gasteiger partial charge < -0.3 is 11.3 Å². The quantitative estimate of drug-likeness (QED) is 0.331. The Bertz CT molecular complexity index is 115. The highest BCUT2D eigenvalue weighted by Crippen LogP contribution is 1.98. The van der Waals surface area contributed by atoms with Crippen LogP contribution in [0.2, 0.25) is 0 Å². The Morgan fingerprint density at radius 1 is 1.78 bits per heavy atom. The van der Waals surface area contributed by atoms with Gasteiger partial charge in [0.15, 0.2) is 0 Å². The Morgan fingerprint density at radius 3 is 2.44 bits per heavy atom. The molecule has 0 atom stereocenters. The molecule has 0 aromatic carbocycles. The Kier molecular flexibility index (Phi) is 3.67. The monoisotopic (exact) mass is 127 g/mol. The summed E-state index contributed by atoms with van der Waals surface area (Å²) in [6.07, 6.45) is 1.99. The number of hydrogen-bond donors (Lipinski definition) is 2. The van der Waals surface area contributed by atoms with Crippen LogP contribution in [0.3, 0.4) is 0 Å². The van der Waals surface area contributed by atoms with Crippen LogP contribution in [0.25, 0.3) is 0 Å². The van der Waals surface area contributed by atoms with Crippen LogP contribution in [0.15, 0.2) is 5.10 Å². The Hall–Kier alpha value is -0.860. The minimum Gasteiger partial charge on any atom is -0.323 e. The van der Waals surface area contributed by atoms with Crippen LogP contribution in [-0.2, 0) is 0 Å². The summed E-state index contributed by atoms with van der Waals surface area (Å²) in [6.45, 7) is 4.13. The zero-order valence-corrected chi connectivity index (χ0v) is 5.89. The fourth-order valence-electron chi connectivity index (χ4n) is 0.567. The largest absolute Gasteiger partial charge is 0.323 e. The molecule has 0 aliphatic carbocycles. The molecule has 0 saturated heterocycles. The second-order valence-corrected chi connectivity index (χ2v) is 2.36. The lowest BCUT2D eigenvalue weighted by Gasteiger charge is -2.00. The van der Waals surface area contributed by atoms with Crippen molar-refractivity contribution in [2.75, 3.05) is 0 Å². The lowest BCUT2D eigenvalue weighted by Crippen LogP contribution is -2.06. The molecule has 0 aliphatic heterocycles. The van der Waals surface area contributed by atoms with Crippen molar-refractivity contribution in [2.45, 2.75) is 20.3 Å². The molecule has 0 saturated carbocycles. The molecule has 52 valence electrons. The minimum absolute atomic E-state index is 0.522. The topological polar surface area (TPSA) is 62.2 Å². The summed E-state index contributed by atoms with van der Waals surface area (Å²) in [4.78, 5) is 0. The van der Waals surface area contributed by atoms with Gasteiger partial charge in [0.1, 0.15) is 0 Å². The summed E-state index contributed by atoms with van der Waals surface area (Å²) in [6, 6.07) is 0. The zero-order valence-electron chi connectivity index (χ0n) is 5.89. The average molecular weight is 127 g/mol. The van der Waals surface area contributed by atoms with Gasteiger partial charge in [-0.2, -0.15) is 5.10 Å². The molecular formula is C6H13N3. The molecule has 0 rings (SSSR count). The normalized spacial score (nSPS) is 12.1. The van der Waals surface area contributed by atoms with E-state index in [2.05, 4.69) is 18.9 Å². The van der Waals surface area contributed by atoms with Gasteiger partial charge in [-0.15, -0.1) is 0 Å². The highest BCUT2D eigenvalue weighted by Gasteiger charge is 1.97. The van der Waals surface area contributed by atoms with Crippen LogP contribution >= 0.6 is 0 Å². The van der Waals surface area contributed by atoms with Gasteiger partial charge >= 0.3 is 0 Å². The van der Waals surface area contributed by atoms with Crippen LogP contribution < -0.4 is 5.84 Å². The Labute approximate surface area is 55.5 Å². The molecule has 3 nitrogen and oxygen atoms in total. The molecular weight excluding hydrogens is 114 g/mol. The highest BCUT2D eigenvalue weighted by molar-refractivity contribution is 6.29. The van der Waals surface area contributed by atoms with Gasteiger partial charge in [-0.25, -0.2) is 0 Å². The van der Waals surface area contributed by atoms with E-state index in [0.717, 1.165) is 6.42 Å². The van der Waals surface area contributed by atoms with Crippen molar-refractivity contribution in [2.24, 2.45) is 16.9 Å². The van der Waals surface area contributed by atoms with E-state index in [4.69, 9.17) is 11.3 Å². The van der Waals surface area contributed by atoms with Crippen LogP contribution in [0.4, 0.5) is 0 Å². The molecule has 0 aromatic rings. The van der Waals surface area contributed by atoms with Gasteiger partial charge in [-0.1, -0.05) is 13.8 Å². The molecule has 0 heterocycles. The fourth-order valence-corrected chi connectivity index (χ4v) is 0.567. The summed E-state index contributed by atoms with van der Waals surface area (Å²) >= 11 is 0. The Morgan fingerprint density at radius 2 is 2.33 bits per heavy atom. The molecule has 0 spiro atoms. The van der Waals surface area contributed by atoms with E-state index >= 15 is 0 Å². The number of hydrogen-bond acceptors (Lipinski definition) is 3. The predicted octanol–water partition coefficient (Wildman–Crippen LogP) is 0.997. The van der Waals surface area contributed by atoms with Crippen LogP contribution in [0.5, 0.6) is 0 Å². The molecule has 0 radical (unpaired) electrons. The number of hydrazone groups is 1. The number of nitrogens with one attached hydrogen (secondary N) is 1. The Balaban J connectivity index is 3.71. The van der Waals surface area contributed by atoms with Crippen molar-refractivity contribution in [1.29, 1.82) is 5.41 Å².